The smallest absolute Gasteiger partial charge is 0.322 e. The van der Waals surface area contributed by atoms with Gasteiger partial charge in [-0.3, -0.25) is 9.36 Å². The predicted octanol–water partition coefficient (Wildman–Crippen LogP) is 5.20. The van der Waals surface area contributed by atoms with Crippen LogP contribution in [0.4, 0.5) is 10.5 Å². The fourth-order valence-electron chi connectivity index (χ4n) is 4.43. The van der Waals surface area contributed by atoms with Crippen LogP contribution in [0.1, 0.15) is 31.3 Å². The van der Waals surface area contributed by atoms with Gasteiger partial charge in [-0.1, -0.05) is 49.4 Å². The van der Waals surface area contributed by atoms with Gasteiger partial charge in [-0.05, 0) is 49.2 Å². The third-order valence-electron chi connectivity index (χ3n) is 6.40. The van der Waals surface area contributed by atoms with Crippen molar-refractivity contribution >= 4 is 22.6 Å². The molecule has 37 heavy (non-hydrogen) atoms. The van der Waals surface area contributed by atoms with Crippen molar-refractivity contribution in [1.82, 2.24) is 14.5 Å². The molecule has 2 amide bonds. The lowest BCUT2D eigenvalue weighted by Gasteiger charge is -2.31. The summed E-state index contributed by atoms with van der Waals surface area (Å²) in [5, 5.41) is 3.47. The van der Waals surface area contributed by atoms with Crippen LogP contribution >= 0.6 is 0 Å². The number of anilines is 1. The summed E-state index contributed by atoms with van der Waals surface area (Å²) in [6, 6.07) is 21.4. The Labute approximate surface area is 216 Å². The molecule has 0 saturated heterocycles. The van der Waals surface area contributed by atoms with Gasteiger partial charge in [0.05, 0.1) is 42.0 Å². The summed E-state index contributed by atoms with van der Waals surface area (Å²) < 4.78 is 12.4. The van der Waals surface area contributed by atoms with Crippen LogP contribution in [0.15, 0.2) is 77.6 Å². The van der Waals surface area contributed by atoms with Crippen LogP contribution in [-0.4, -0.2) is 47.9 Å². The first-order valence-electron chi connectivity index (χ1n) is 12.3. The highest BCUT2D eigenvalue weighted by molar-refractivity contribution is 5.91. The normalized spacial score (nSPS) is 11.8. The molecule has 8 nitrogen and oxygen atoms in total. The highest BCUT2D eigenvalue weighted by Crippen LogP contribution is 2.27. The van der Waals surface area contributed by atoms with Crippen LogP contribution in [0.3, 0.4) is 0 Å². The van der Waals surface area contributed by atoms with Crippen LogP contribution in [0.25, 0.3) is 16.6 Å². The minimum atomic E-state index is -0.563. The fourth-order valence-corrected chi connectivity index (χ4v) is 4.43. The molecule has 0 radical (unpaired) electrons. The summed E-state index contributed by atoms with van der Waals surface area (Å²) in [4.78, 5) is 34.0. The zero-order valence-electron chi connectivity index (χ0n) is 21.6. The zero-order chi connectivity index (χ0) is 26.4. The monoisotopic (exact) mass is 500 g/mol. The summed E-state index contributed by atoms with van der Waals surface area (Å²) >= 11 is 0. The first-order chi connectivity index (χ1) is 18.0. The summed E-state index contributed by atoms with van der Waals surface area (Å²) in [5.41, 5.74) is 2.72. The average Bonchev–Trinajstić information content (AvgIpc) is 2.93. The molecule has 192 valence electrons. The van der Waals surface area contributed by atoms with Crippen molar-refractivity contribution in [3.05, 3.63) is 94.5 Å². The van der Waals surface area contributed by atoms with E-state index in [9.17, 15) is 9.59 Å². The van der Waals surface area contributed by atoms with E-state index in [1.54, 1.807) is 41.9 Å². The molecule has 0 saturated carbocycles. The van der Waals surface area contributed by atoms with E-state index in [-0.39, 0.29) is 18.1 Å². The van der Waals surface area contributed by atoms with Gasteiger partial charge in [0.25, 0.3) is 5.56 Å². The number of carbonyl (C=O) groups excluding carboxylic acids is 1. The number of aryl methyl sites for hydroxylation is 1. The fraction of sp³-hybridized carbons (Fsp3) is 0.276. The Morgan fingerprint density at radius 1 is 1.03 bits per heavy atom. The molecule has 3 aromatic carbocycles. The number of hydrogen-bond donors (Lipinski definition) is 1. The summed E-state index contributed by atoms with van der Waals surface area (Å²) in [5.74, 6) is 1.02. The van der Waals surface area contributed by atoms with Gasteiger partial charge in [-0.2, -0.15) is 0 Å². The number of amides is 2. The molecular formula is C29H32N4O4. The molecule has 4 aromatic rings. The van der Waals surface area contributed by atoms with Gasteiger partial charge in [0.1, 0.15) is 11.6 Å². The van der Waals surface area contributed by atoms with Crippen LogP contribution in [0, 0.1) is 0 Å². The van der Waals surface area contributed by atoms with Crippen molar-refractivity contribution in [1.29, 1.82) is 0 Å². The quantitative estimate of drug-likeness (QED) is 0.342. The molecule has 4 rings (SSSR count). The van der Waals surface area contributed by atoms with E-state index in [4.69, 9.17) is 14.5 Å². The number of rotatable bonds is 9. The number of carbonyl (C=O) groups is 1. The Morgan fingerprint density at radius 2 is 1.73 bits per heavy atom. The van der Waals surface area contributed by atoms with Crippen molar-refractivity contribution in [2.75, 3.05) is 32.7 Å². The van der Waals surface area contributed by atoms with E-state index >= 15 is 0 Å². The Hall–Kier alpha value is -4.17. The van der Waals surface area contributed by atoms with E-state index in [0.29, 0.717) is 34.8 Å². The number of fused-ring (bicyclic) bond motifs is 1. The Kier molecular flexibility index (Phi) is 8.20. The summed E-state index contributed by atoms with van der Waals surface area (Å²) in [6.07, 6.45) is 0.741. The maximum atomic E-state index is 13.9. The second-order valence-electron chi connectivity index (χ2n) is 8.60. The lowest BCUT2D eigenvalue weighted by Crippen LogP contribution is -2.41. The largest absolute Gasteiger partial charge is 0.495 e. The highest BCUT2D eigenvalue weighted by Gasteiger charge is 2.28. The van der Waals surface area contributed by atoms with Crippen LogP contribution in [0.2, 0.25) is 0 Å². The molecule has 8 heteroatoms. The molecule has 0 aliphatic carbocycles. The minimum Gasteiger partial charge on any atom is -0.495 e. The molecule has 0 spiro atoms. The molecule has 0 fully saturated rings. The molecule has 1 heterocycles. The minimum absolute atomic E-state index is 0.176. The van der Waals surface area contributed by atoms with Crippen LogP contribution < -0.4 is 15.6 Å². The number of ether oxygens (including phenoxy) is 2. The number of nitrogens with one attached hydrogen (secondary N) is 1. The van der Waals surface area contributed by atoms with Gasteiger partial charge in [-0.25, -0.2) is 9.78 Å². The van der Waals surface area contributed by atoms with Gasteiger partial charge in [0, 0.05) is 13.7 Å². The molecule has 1 unspecified atom stereocenters. The molecule has 0 aliphatic heterocycles. The molecule has 0 bridgehead atoms. The third kappa shape index (κ3) is 5.34. The molecule has 1 aromatic heterocycles. The molecule has 0 aliphatic rings. The average molecular weight is 501 g/mol. The number of benzene rings is 3. The highest BCUT2D eigenvalue weighted by atomic mass is 16.5. The van der Waals surface area contributed by atoms with E-state index in [0.717, 1.165) is 17.7 Å². The molecular weight excluding hydrogens is 468 g/mol. The molecule has 1 N–H and O–H groups in total. The van der Waals surface area contributed by atoms with Crippen LogP contribution in [0.5, 0.6) is 5.75 Å². The Bertz CT molecular complexity index is 1450. The first kappa shape index (κ1) is 25.9. The SMILES string of the molecule is CCc1ccccc1-n1c(C(C)N(CCOC)C(=O)Nc2ccccc2OC)nc2ccccc2c1=O. The lowest BCUT2D eigenvalue weighted by atomic mass is 10.1. The number of urea groups is 1. The second-order valence-corrected chi connectivity index (χ2v) is 8.60. The molecule has 1 atom stereocenters. The van der Waals surface area contributed by atoms with Crippen molar-refractivity contribution in [3.8, 4) is 11.4 Å². The summed E-state index contributed by atoms with van der Waals surface area (Å²) in [6.45, 7) is 4.52. The van der Waals surface area contributed by atoms with Gasteiger partial charge < -0.3 is 19.7 Å². The van der Waals surface area contributed by atoms with Gasteiger partial charge >= 0.3 is 6.03 Å². The van der Waals surface area contributed by atoms with Crippen molar-refractivity contribution < 1.29 is 14.3 Å². The maximum Gasteiger partial charge on any atom is 0.322 e. The lowest BCUT2D eigenvalue weighted by molar-refractivity contribution is 0.137. The summed E-state index contributed by atoms with van der Waals surface area (Å²) in [7, 11) is 3.14. The second kappa shape index (κ2) is 11.7. The number of para-hydroxylation sites is 4. The maximum absolute atomic E-state index is 13.9. The van der Waals surface area contributed by atoms with Crippen molar-refractivity contribution in [3.63, 3.8) is 0 Å². The topological polar surface area (TPSA) is 85.7 Å². The van der Waals surface area contributed by atoms with Crippen LogP contribution in [-0.2, 0) is 11.2 Å². The standard InChI is InChI=1S/C29H32N4O4/c1-5-21-12-6-10-16-25(21)33-27(30-23-14-8-7-13-22(23)28(33)34)20(2)32(18-19-36-3)29(35)31-24-15-9-11-17-26(24)37-4/h6-17,20H,5,18-19H2,1-4H3,(H,31,35). The Morgan fingerprint density at radius 3 is 2.49 bits per heavy atom. The van der Waals surface area contributed by atoms with E-state index < -0.39 is 6.04 Å². The van der Waals surface area contributed by atoms with Crippen molar-refractivity contribution in [2.24, 2.45) is 0 Å². The number of aromatic nitrogens is 2. The Balaban J connectivity index is 1.86. The van der Waals surface area contributed by atoms with E-state index in [1.807, 2.05) is 68.4 Å². The number of hydrogen-bond acceptors (Lipinski definition) is 5. The van der Waals surface area contributed by atoms with Gasteiger partial charge in [-0.15, -0.1) is 0 Å². The van der Waals surface area contributed by atoms with E-state index in [1.165, 1.54) is 0 Å². The number of nitrogens with zero attached hydrogens (tertiary/aromatic N) is 3. The van der Waals surface area contributed by atoms with Crippen molar-refractivity contribution in [2.45, 2.75) is 26.3 Å². The first-order valence-corrected chi connectivity index (χ1v) is 12.3. The van der Waals surface area contributed by atoms with Gasteiger partial charge in [0.2, 0.25) is 0 Å². The number of methoxy groups -OCH3 is 2. The van der Waals surface area contributed by atoms with Gasteiger partial charge in [0.15, 0.2) is 0 Å². The predicted molar refractivity (Wildman–Crippen MR) is 146 cm³/mol. The zero-order valence-corrected chi connectivity index (χ0v) is 21.6. The van der Waals surface area contributed by atoms with E-state index in [2.05, 4.69) is 5.32 Å². The third-order valence-corrected chi connectivity index (χ3v) is 6.40.